The lowest BCUT2D eigenvalue weighted by Crippen LogP contribution is -2.21. The van der Waals surface area contributed by atoms with E-state index in [4.69, 9.17) is 4.52 Å². The van der Waals surface area contributed by atoms with E-state index in [1.165, 1.54) is 7.05 Å². The molecule has 2 rings (SSSR count). The van der Waals surface area contributed by atoms with Crippen LogP contribution < -0.4 is 5.32 Å². The van der Waals surface area contributed by atoms with Crippen LogP contribution in [0.2, 0.25) is 0 Å². The predicted octanol–water partition coefficient (Wildman–Crippen LogP) is 0.278. The highest BCUT2D eigenvalue weighted by Crippen LogP contribution is 2.06. The number of imidazole rings is 1. The van der Waals surface area contributed by atoms with Crippen LogP contribution in [0.3, 0.4) is 0 Å². The van der Waals surface area contributed by atoms with Gasteiger partial charge < -0.3 is 14.4 Å². The summed E-state index contributed by atoms with van der Waals surface area (Å²) in [6, 6.07) is 0. The van der Waals surface area contributed by atoms with Gasteiger partial charge in [-0.15, -0.1) is 0 Å². The topological polar surface area (TPSA) is 89.1 Å². The molecule has 1 amide bonds. The van der Waals surface area contributed by atoms with Crippen LogP contribution in [0.15, 0.2) is 16.9 Å². The van der Waals surface area contributed by atoms with Crippen molar-refractivity contribution in [2.45, 2.75) is 26.6 Å². The minimum Gasteiger partial charge on any atom is -0.352 e. The SMILES string of the molecule is CCn1ccnc1CN(C)Cc1nc(C(=O)NC)no1. The summed E-state index contributed by atoms with van der Waals surface area (Å²) in [5, 5.41) is 6.07. The Balaban J connectivity index is 1.96. The number of rotatable bonds is 6. The smallest absolute Gasteiger partial charge is 0.292 e. The first-order valence-corrected chi connectivity index (χ1v) is 6.37. The highest BCUT2D eigenvalue weighted by atomic mass is 16.5. The molecule has 8 nitrogen and oxygen atoms in total. The van der Waals surface area contributed by atoms with Gasteiger partial charge in [-0.3, -0.25) is 9.69 Å². The van der Waals surface area contributed by atoms with Gasteiger partial charge in [-0.2, -0.15) is 4.98 Å². The maximum Gasteiger partial charge on any atom is 0.292 e. The molecule has 1 N–H and O–H groups in total. The van der Waals surface area contributed by atoms with Crippen LogP contribution in [0.4, 0.5) is 0 Å². The number of amides is 1. The molecule has 0 aliphatic carbocycles. The maximum atomic E-state index is 11.3. The zero-order valence-electron chi connectivity index (χ0n) is 11.8. The second-order valence-electron chi connectivity index (χ2n) is 4.39. The van der Waals surface area contributed by atoms with E-state index in [2.05, 4.69) is 31.9 Å². The van der Waals surface area contributed by atoms with Crippen molar-refractivity contribution in [3.8, 4) is 0 Å². The van der Waals surface area contributed by atoms with Gasteiger partial charge in [-0.25, -0.2) is 4.98 Å². The molecule has 0 aromatic carbocycles. The standard InChI is InChI=1S/C12H18N6O2/c1-4-18-6-5-14-9(18)7-17(3)8-10-15-11(16-20-10)12(19)13-2/h5-6H,4,7-8H2,1-3H3,(H,13,19). The number of carbonyl (C=O) groups is 1. The van der Waals surface area contributed by atoms with Gasteiger partial charge in [0.2, 0.25) is 5.89 Å². The molecule has 0 saturated heterocycles. The maximum absolute atomic E-state index is 11.3. The third kappa shape index (κ3) is 3.21. The molecule has 0 spiro atoms. The molecule has 0 radical (unpaired) electrons. The number of aromatic nitrogens is 4. The fourth-order valence-corrected chi connectivity index (χ4v) is 1.83. The minimum absolute atomic E-state index is 0.0472. The Bertz CT molecular complexity index is 576. The van der Waals surface area contributed by atoms with E-state index in [-0.39, 0.29) is 11.7 Å². The lowest BCUT2D eigenvalue weighted by molar-refractivity contribution is 0.0950. The number of nitrogens with zero attached hydrogens (tertiary/aromatic N) is 5. The monoisotopic (exact) mass is 278 g/mol. The van der Waals surface area contributed by atoms with E-state index < -0.39 is 0 Å². The fraction of sp³-hybridized carbons (Fsp3) is 0.500. The zero-order chi connectivity index (χ0) is 14.5. The van der Waals surface area contributed by atoms with E-state index in [9.17, 15) is 4.79 Å². The molecule has 2 heterocycles. The zero-order valence-corrected chi connectivity index (χ0v) is 11.8. The Kier molecular flexibility index (Phi) is 4.46. The normalized spacial score (nSPS) is 11.0. The van der Waals surface area contributed by atoms with E-state index in [1.54, 1.807) is 6.20 Å². The molecular weight excluding hydrogens is 260 g/mol. The molecule has 108 valence electrons. The molecular formula is C12H18N6O2. The summed E-state index contributed by atoms with van der Waals surface area (Å²) in [6.45, 7) is 4.07. The molecule has 2 aromatic heterocycles. The Morgan fingerprint density at radius 3 is 3.00 bits per heavy atom. The van der Waals surface area contributed by atoms with E-state index in [0.717, 1.165) is 12.4 Å². The predicted molar refractivity (Wildman–Crippen MR) is 70.8 cm³/mol. The van der Waals surface area contributed by atoms with Crippen LogP contribution >= 0.6 is 0 Å². The summed E-state index contributed by atoms with van der Waals surface area (Å²) in [7, 11) is 3.45. The molecule has 0 bridgehead atoms. The van der Waals surface area contributed by atoms with Crippen molar-refractivity contribution in [2.75, 3.05) is 14.1 Å². The van der Waals surface area contributed by atoms with Crippen molar-refractivity contribution in [1.29, 1.82) is 0 Å². The number of carbonyl (C=O) groups excluding carboxylic acids is 1. The van der Waals surface area contributed by atoms with Gasteiger partial charge in [0, 0.05) is 26.0 Å². The third-order valence-corrected chi connectivity index (χ3v) is 2.86. The van der Waals surface area contributed by atoms with Gasteiger partial charge in [0.1, 0.15) is 5.82 Å². The second-order valence-corrected chi connectivity index (χ2v) is 4.39. The number of nitrogens with one attached hydrogen (secondary N) is 1. The summed E-state index contributed by atoms with van der Waals surface area (Å²) in [6.07, 6.45) is 3.72. The van der Waals surface area contributed by atoms with Gasteiger partial charge in [0.05, 0.1) is 13.1 Å². The largest absolute Gasteiger partial charge is 0.352 e. The first-order valence-electron chi connectivity index (χ1n) is 6.37. The summed E-state index contributed by atoms with van der Waals surface area (Å²) in [4.78, 5) is 21.7. The average Bonchev–Trinajstić information content (AvgIpc) is 3.06. The van der Waals surface area contributed by atoms with Gasteiger partial charge in [-0.05, 0) is 14.0 Å². The van der Waals surface area contributed by atoms with Crippen molar-refractivity contribution in [3.05, 3.63) is 29.9 Å². The van der Waals surface area contributed by atoms with E-state index >= 15 is 0 Å². The first-order chi connectivity index (χ1) is 9.63. The minimum atomic E-state index is -0.357. The van der Waals surface area contributed by atoms with Crippen molar-refractivity contribution >= 4 is 5.91 Å². The van der Waals surface area contributed by atoms with Crippen LogP contribution in [-0.4, -0.2) is 44.6 Å². The van der Waals surface area contributed by atoms with Crippen molar-refractivity contribution < 1.29 is 9.32 Å². The van der Waals surface area contributed by atoms with Crippen molar-refractivity contribution in [3.63, 3.8) is 0 Å². The average molecular weight is 278 g/mol. The lowest BCUT2D eigenvalue weighted by Gasteiger charge is -2.14. The molecule has 8 heteroatoms. The van der Waals surface area contributed by atoms with Gasteiger partial charge in [0.15, 0.2) is 0 Å². The summed E-state index contributed by atoms with van der Waals surface area (Å²) >= 11 is 0. The molecule has 0 aliphatic rings. The Labute approximate surface area is 116 Å². The van der Waals surface area contributed by atoms with Crippen LogP contribution in [0.25, 0.3) is 0 Å². The van der Waals surface area contributed by atoms with Crippen molar-refractivity contribution in [2.24, 2.45) is 0 Å². The highest BCUT2D eigenvalue weighted by Gasteiger charge is 2.15. The summed E-state index contributed by atoms with van der Waals surface area (Å²) in [5.74, 6) is 1.07. The first kappa shape index (κ1) is 14.2. The van der Waals surface area contributed by atoms with Crippen LogP contribution in [0.1, 0.15) is 29.3 Å². The molecule has 2 aromatic rings. The van der Waals surface area contributed by atoms with Gasteiger partial charge >= 0.3 is 0 Å². The Hall–Kier alpha value is -2.22. The van der Waals surface area contributed by atoms with Gasteiger partial charge in [0.25, 0.3) is 11.7 Å². The number of hydrogen-bond donors (Lipinski definition) is 1. The Morgan fingerprint density at radius 1 is 1.50 bits per heavy atom. The number of hydrogen-bond acceptors (Lipinski definition) is 6. The van der Waals surface area contributed by atoms with Crippen LogP contribution in [-0.2, 0) is 19.6 Å². The summed E-state index contributed by atoms with van der Waals surface area (Å²) in [5.41, 5.74) is 0. The van der Waals surface area contributed by atoms with Crippen LogP contribution in [0.5, 0.6) is 0 Å². The lowest BCUT2D eigenvalue weighted by atomic mass is 10.4. The fourth-order valence-electron chi connectivity index (χ4n) is 1.83. The van der Waals surface area contributed by atoms with E-state index in [1.807, 2.05) is 18.1 Å². The molecule has 0 atom stereocenters. The van der Waals surface area contributed by atoms with E-state index in [0.29, 0.717) is 19.0 Å². The molecule has 0 aliphatic heterocycles. The summed E-state index contributed by atoms with van der Waals surface area (Å²) < 4.78 is 7.11. The second kappa shape index (κ2) is 6.29. The van der Waals surface area contributed by atoms with Crippen molar-refractivity contribution in [1.82, 2.24) is 29.9 Å². The third-order valence-electron chi connectivity index (χ3n) is 2.86. The molecule has 0 unspecified atom stereocenters. The van der Waals surface area contributed by atoms with Gasteiger partial charge in [-0.1, -0.05) is 5.16 Å². The molecule has 0 fully saturated rings. The Morgan fingerprint density at radius 2 is 2.30 bits per heavy atom. The quantitative estimate of drug-likeness (QED) is 0.816. The highest BCUT2D eigenvalue weighted by molar-refractivity contribution is 5.89. The molecule has 0 saturated carbocycles. The molecule has 20 heavy (non-hydrogen) atoms. The van der Waals surface area contributed by atoms with Crippen LogP contribution in [0, 0.1) is 0 Å². The number of aryl methyl sites for hydroxylation is 1.